The number of aromatic nitrogens is 3. The summed E-state index contributed by atoms with van der Waals surface area (Å²) in [7, 11) is 0. The molecule has 0 aliphatic carbocycles. The quantitative estimate of drug-likeness (QED) is 0.882. The molecule has 1 aromatic carbocycles. The van der Waals surface area contributed by atoms with E-state index in [1.807, 2.05) is 36.9 Å². The molecule has 0 unspecified atom stereocenters. The van der Waals surface area contributed by atoms with E-state index in [1.54, 1.807) is 6.07 Å². The molecule has 0 radical (unpaired) electrons. The summed E-state index contributed by atoms with van der Waals surface area (Å²) in [5, 5.41) is 3.65. The molecule has 1 aromatic heterocycles. The number of anilines is 4. The van der Waals surface area contributed by atoms with Gasteiger partial charge in [0.25, 0.3) is 0 Å². The number of nitrogens with one attached hydrogen (secondary N) is 1. The zero-order valence-corrected chi connectivity index (χ0v) is 12.2. The van der Waals surface area contributed by atoms with Gasteiger partial charge < -0.3 is 16.0 Å². The van der Waals surface area contributed by atoms with E-state index >= 15 is 0 Å². The lowest BCUT2D eigenvalue weighted by Gasteiger charge is -2.19. The maximum atomic E-state index is 6.10. The molecule has 2 aromatic rings. The molecular weight excluding hydrogens is 276 g/mol. The fourth-order valence-corrected chi connectivity index (χ4v) is 1.95. The number of halogens is 1. The highest BCUT2D eigenvalue weighted by molar-refractivity contribution is 6.33. The molecule has 2 rings (SSSR count). The monoisotopic (exact) mass is 292 g/mol. The summed E-state index contributed by atoms with van der Waals surface area (Å²) in [6.45, 7) is 5.66. The average Bonchev–Trinajstić information content (AvgIpc) is 2.42. The van der Waals surface area contributed by atoms with Crippen LogP contribution in [-0.4, -0.2) is 28.0 Å². The lowest BCUT2D eigenvalue weighted by Crippen LogP contribution is -2.25. The predicted molar refractivity (Wildman–Crippen MR) is 82.5 cm³/mol. The Morgan fingerprint density at radius 2 is 1.85 bits per heavy atom. The van der Waals surface area contributed by atoms with Crippen molar-refractivity contribution in [2.75, 3.05) is 29.0 Å². The number of hydrogen-bond donors (Lipinski definition) is 2. The molecule has 0 saturated heterocycles. The molecule has 1 heterocycles. The largest absolute Gasteiger partial charge is 0.368 e. The lowest BCUT2D eigenvalue weighted by atomic mass is 10.3. The zero-order chi connectivity index (χ0) is 14.5. The second-order valence-corrected chi connectivity index (χ2v) is 4.50. The van der Waals surface area contributed by atoms with Crippen LogP contribution >= 0.6 is 11.6 Å². The second-order valence-electron chi connectivity index (χ2n) is 4.09. The number of nitrogen functional groups attached to an aromatic ring is 1. The lowest BCUT2D eigenvalue weighted by molar-refractivity contribution is 0.816. The van der Waals surface area contributed by atoms with Crippen molar-refractivity contribution in [3.8, 4) is 0 Å². The Labute approximate surface area is 123 Å². The summed E-state index contributed by atoms with van der Waals surface area (Å²) in [6, 6.07) is 7.37. The van der Waals surface area contributed by atoms with Gasteiger partial charge in [0, 0.05) is 13.1 Å². The number of hydrogen-bond acceptors (Lipinski definition) is 6. The highest BCUT2D eigenvalue weighted by atomic mass is 35.5. The van der Waals surface area contributed by atoms with E-state index in [2.05, 4.69) is 20.3 Å². The Morgan fingerprint density at radius 1 is 1.15 bits per heavy atom. The topological polar surface area (TPSA) is 80.0 Å². The van der Waals surface area contributed by atoms with Crippen molar-refractivity contribution in [2.24, 2.45) is 0 Å². The Balaban J connectivity index is 2.31. The molecule has 3 N–H and O–H groups in total. The van der Waals surface area contributed by atoms with Crippen molar-refractivity contribution >= 4 is 35.1 Å². The summed E-state index contributed by atoms with van der Waals surface area (Å²) in [4.78, 5) is 14.6. The number of rotatable bonds is 5. The summed E-state index contributed by atoms with van der Waals surface area (Å²) in [5.74, 6) is 1.11. The van der Waals surface area contributed by atoms with Crippen LogP contribution in [0.25, 0.3) is 0 Å². The van der Waals surface area contributed by atoms with E-state index in [9.17, 15) is 0 Å². The van der Waals surface area contributed by atoms with Crippen molar-refractivity contribution in [1.82, 2.24) is 15.0 Å². The molecule has 0 spiro atoms. The highest BCUT2D eigenvalue weighted by Crippen LogP contribution is 2.24. The van der Waals surface area contributed by atoms with Crippen molar-refractivity contribution < 1.29 is 0 Å². The Morgan fingerprint density at radius 3 is 2.50 bits per heavy atom. The van der Waals surface area contributed by atoms with Crippen LogP contribution in [0.2, 0.25) is 5.02 Å². The molecule has 106 valence electrons. The van der Waals surface area contributed by atoms with Gasteiger partial charge in [-0.1, -0.05) is 23.7 Å². The molecule has 0 aliphatic rings. The minimum atomic E-state index is 0.177. The minimum Gasteiger partial charge on any atom is -0.368 e. The fourth-order valence-electron chi connectivity index (χ4n) is 1.77. The van der Waals surface area contributed by atoms with Crippen molar-refractivity contribution in [3.63, 3.8) is 0 Å². The second kappa shape index (κ2) is 6.38. The Bertz CT molecular complexity index is 585. The van der Waals surface area contributed by atoms with Gasteiger partial charge in [-0.25, -0.2) is 0 Å². The van der Waals surface area contributed by atoms with Gasteiger partial charge >= 0.3 is 0 Å². The predicted octanol–water partition coefficient (Wildman–Crippen LogP) is 2.70. The first kappa shape index (κ1) is 14.3. The van der Waals surface area contributed by atoms with Crippen molar-refractivity contribution in [1.29, 1.82) is 0 Å². The molecule has 6 nitrogen and oxygen atoms in total. The van der Waals surface area contributed by atoms with Crippen LogP contribution in [0.3, 0.4) is 0 Å². The molecular formula is C13H17ClN6. The first-order valence-corrected chi connectivity index (χ1v) is 6.79. The molecule has 0 atom stereocenters. The van der Waals surface area contributed by atoms with Crippen molar-refractivity contribution in [2.45, 2.75) is 13.8 Å². The SMILES string of the molecule is CCN(CC)c1nc(N)nc(Nc2ccccc2Cl)n1. The van der Waals surface area contributed by atoms with Crippen molar-refractivity contribution in [3.05, 3.63) is 29.3 Å². The summed E-state index contributed by atoms with van der Waals surface area (Å²) < 4.78 is 0. The zero-order valence-electron chi connectivity index (χ0n) is 11.5. The summed E-state index contributed by atoms with van der Waals surface area (Å²) in [6.07, 6.45) is 0. The van der Waals surface area contributed by atoms with Crippen LogP contribution in [0.1, 0.15) is 13.8 Å². The van der Waals surface area contributed by atoms with Gasteiger partial charge in [0.05, 0.1) is 10.7 Å². The van der Waals surface area contributed by atoms with Crippen LogP contribution in [0.15, 0.2) is 24.3 Å². The fraction of sp³-hybridized carbons (Fsp3) is 0.308. The van der Waals surface area contributed by atoms with E-state index in [-0.39, 0.29) is 5.95 Å². The third-order valence-electron chi connectivity index (χ3n) is 2.81. The highest BCUT2D eigenvalue weighted by Gasteiger charge is 2.10. The van der Waals surface area contributed by atoms with Crippen LogP contribution in [0.4, 0.5) is 23.5 Å². The van der Waals surface area contributed by atoms with E-state index in [0.717, 1.165) is 18.8 Å². The van der Waals surface area contributed by atoms with Crippen LogP contribution in [-0.2, 0) is 0 Å². The van der Waals surface area contributed by atoms with Crippen LogP contribution in [0.5, 0.6) is 0 Å². The third kappa shape index (κ3) is 3.27. The minimum absolute atomic E-state index is 0.177. The molecule has 20 heavy (non-hydrogen) atoms. The van der Waals surface area contributed by atoms with E-state index < -0.39 is 0 Å². The Hall–Kier alpha value is -2.08. The molecule has 0 saturated carbocycles. The van der Waals surface area contributed by atoms with Gasteiger partial charge in [-0.3, -0.25) is 0 Å². The van der Waals surface area contributed by atoms with E-state index in [0.29, 0.717) is 16.9 Å². The van der Waals surface area contributed by atoms with Gasteiger partial charge in [-0.15, -0.1) is 0 Å². The average molecular weight is 293 g/mol. The first-order chi connectivity index (χ1) is 9.63. The van der Waals surface area contributed by atoms with Crippen LogP contribution in [0, 0.1) is 0 Å². The first-order valence-electron chi connectivity index (χ1n) is 6.42. The van der Waals surface area contributed by atoms with Gasteiger partial charge in [-0.05, 0) is 26.0 Å². The molecule has 7 heteroatoms. The maximum absolute atomic E-state index is 6.10. The molecule has 0 aliphatic heterocycles. The normalized spacial score (nSPS) is 10.3. The standard InChI is InChI=1S/C13H17ClN6/c1-3-20(4-2)13-18-11(15)17-12(19-13)16-10-8-6-5-7-9(10)14/h5-8H,3-4H2,1-2H3,(H3,15,16,17,18,19). The number of nitrogens with zero attached hydrogens (tertiary/aromatic N) is 4. The molecule has 0 fully saturated rings. The van der Waals surface area contributed by atoms with Gasteiger partial charge in [0.1, 0.15) is 0 Å². The van der Waals surface area contributed by atoms with Gasteiger partial charge in [-0.2, -0.15) is 15.0 Å². The third-order valence-corrected chi connectivity index (χ3v) is 3.14. The van der Waals surface area contributed by atoms with Gasteiger partial charge in [0.2, 0.25) is 17.8 Å². The van der Waals surface area contributed by atoms with Crippen LogP contribution < -0.4 is 16.0 Å². The van der Waals surface area contributed by atoms with Gasteiger partial charge in [0.15, 0.2) is 0 Å². The molecule has 0 bridgehead atoms. The molecule has 0 amide bonds. The number of benzene rings is 1. The Kier molecular flexibility index (Phi) is 4.57. The smallest absolute Gasteiger partial charge is 0.233 e. The van der Waals surface area contributed by atoms with E-state index in [1.165, 1.54) is 0 Å². The number of para-hydroxylation sites is 1. The summed E-state index contributed by atoms with van der Waals surface area (Å²) in [5.41, 5.74) is 6.46. The number of nitrogens with two attached hydrogens (primary N) is 1. The summed E-state index contributed by atoms with van der Waals surface area (Å²) >= 11 is 6.10. The maximum Gasteiger partial charge on any atom is 0.233 e. The van der Waals surface area contributed by atoms with E-state index in [4.69, 9.17) is 17.3 Å².